The highest BCUT2D eigenvalue weighted by Gasteiger charge is 2.46. The quantitative estimate of drug-likeness (QED) is 0.117. The van der Waals surface area contributed by atoms with Crippen molar-refractivity contribution < 1.29 is 0 Å². The van der Waals surface area contributed by atoms with Crippen LogP contribution >= 0.6 is 0 Å². The number of nitrogens with zero attached hydrogens (tertiary/aromatic N) is 4. The number of benzene rings is 9. The fourth-order valence-corrected chi connectivity index (χ4v) is 14.6. The van der Waals surface area contributed by atoms with Crippen molar-refractivity contribution in [2.24, 2.45) is 0 Å². The fourth-order valence-electron chi connectivity index (χ4n) is 9.84. The van der Waals surface area contributed by atoms with Gasteiger partial charge in [-0.2, -0.15) is 0 Å². The van der Waals surface area contributed by atoms with Gasteiger partial charge in [-0.05, 0) is 82.3 Å². The molecule has 3 heterocycles. The van der Waals surface area contributed by atoms with Gasteiger partial charge in [-0.1, -0.05) is 164 Å². The molecule has 60 heavy (non-hydrogen) atoms. The molecule has 0 spiro atoms. The van der Waals surface area contributed by atoms with Crippen LogP contribution in [0, 0.1) is 0 Å². The second-order valence-electron chi connectivity index (χ2n) is 15.6. The van der Waals surface area contributed by atoms with Gasteiger partial charge in [0, 0.05) is 38.6 Å². The molecule has 0 aliphatic heterocycles. The molecule has 9 aromatic carbocycles. The van der Waals surface area contributed by atoms with Crippen LogP contribution in [0.1, 0.15) is 0 Å². The number of hydrogen-bond donors (Lipinski definition) is 0. The van der Waals surface area contributed by atoms with E-state index in [1.807, 2.05) is 0 Å². The predicted molar refractivity (Wildman–Crippen MR) is 253 cm³/mol. The predicted octanol–water partition coefficient (Wildman–Crippen LogP) is 10.6. The third kappa shape index (κ3) is 5.06. The number of hydrogen-bond acceptors (Lipinski definition) is 1. The smallest absolute Gasteiger partial charge is 0.224 e. The molecular formula is C55H38N4Si. The van der Waals surface area contributed by atoms with Gasteiger partial charge in [0.1, 0.15) is 5.45 Å². The van der Waals surface area contributed by atoms with E-state index >= 15 is 0 Å². The molecule has 5 heteroatoms. The molecule has 0 saturated heterocycles. The normalized spacial score (nSPS) is 12.0. The highest BCUT2D eigenvalue weighted by Crippen LogP contribution is 2.37. The lowest BCUT2D eigenvalue weighted by atomic mass is 10.1. The standard InChI is InChI=1S/C55H38N4Si/c1-4-21-42(22-5-1)60(43-23-6-2-7-24-43,44-25-8-3-9-26-44)55-56-49-30-13-17-34-54(49)59(55)40-20-18-19-39(37-40)57-52-33-16-12-29-47(52)48-38-41(35-36-53(48)57)58-50-31-14-10-27-45(50)46-28-11-15-32-51(46)58/h1-38H. The highest BCUT2D eigenvalue weighted by molar-refractivity contribution is 7.19. The molecule has 282 valence electrons. The molecule has 0 N–H and O–H groups in total. The summed E-state index contributed by atoms with van der Waals surface area (Å²) in [6.07, 6.45) is 0. The minimum absolute atomic E-state index is 0.979. The zero-order valence-electron chi connectivity index (χ0n) is 32.7. The lowest BCUT2D eigenvalue weighted by Gasteiger charge is -2.33. The summed E-state index contributed by atoms with van der Waals surface area (Å²) in [5.74, 6) is 0. The van der Waals surface area contributed by atoms with E-state index < -0.39 is 8.07 Å². The molecule has 12 aromatic rings. The summed E-state index contributed by atoms with van der Waals surface area (Å²) in [5, 5.41) is 8.82. The Balaban J connectivity index is 1.11. The van der Waals surface area contributed by atoms with Crippen LogP contribution in [0.5, 0.6) is 0 Å². The summed E-state index contributed by atoms with van der Waals surface area (Å²) in [4.78, 5) is 5.68. The summed E-state index contributed by atoms with van der Waals surface area (Å²) >= 11 is 0. The molecule has 0 bridgehead atoms. The number of rotatable bonds is 7. The van der Waals surface area contributed by atoms with Crippen molar-refractivity contribution in [2.75, 3.05) is 0 Å². The molecular weight excluding hydrogens is 745 g/mol. The number of imidazole rings is 1. The van der Waals surface area contributed by atoms with E-state index in [4.69, 9.17) is 4.98 Å². The summed E-state index contributed by atoms with van der Waals surface area (Å²) < 4.78 is 7.29. The van der Waals surface area contributed by atoms with Crippen LogP contribution in [-0.2, 0) is 0 Å². The van der Waals surface area contributed by atoms with Gasteiger partial charge in [0.15, 0.2) is 0 Å². The maximum Gasteiger partial charge on any atom is 0.224 e. The molecule has 0 aliphatic carbocycles. The first-order chi connectivity index (χ1) is 29.8. The van der Waals surface area contributed by atoms with Crippen molar-refractivity contribution in [3.63, 3.8) is 0 Å². The van der Waals surface area contributed by atoms with E-state index in [2.05, 4.69) is 244 Å². The Kier molecular flexibility index (Phi) is 7.83. The van der Waals surface area contributed by atoms with Crippen LogP contribution < -0.4 is 21.0 Å². The molecule has 4 nitrogen and oxygen atoms in total. The van der Waals surface area contributed by atoms with Gasteiger partial charge in [0.25, 0.3) is 0 Å². The molecule has 0 amide bonds. The van der Waals surface area contributed by atoms with Crippen LogP contribution in [0.3, 0.4) is 0 Å². The van der Waals surface area contributed by atoms with Crippen molar-refractivity contribution in [2.45, 2.75) is 0 Å². The maximum atomic E-state index is 5.68. The lowest BCUT2D eigenvalue weighted by molar-refractivity contribution is 1.11. The average molecular weight is 783 g/mol. The summed E-state index contributed by atoms with van der Waals surface area (Å²) in [5.41, 5.74) is 11.2. The van der Waals surface area contributed by atoms with Gasteiger partial charge in [-0.15, -0.1) is 0 Å². The van der Waals surface area contributed by atoms with Crippen LogP contribution in [0.2, 0.25) is 0 Å². The molecule has 0 aliphatic rings. The van der Waals surface area contributed by atoms with E-state index in [9.17, 15) is 0 Å². The topological polar surface area (TPSA) is 27.7 Å². The molecule has 0 saturated carbocycles. The average Bonchev–Trinajstić information content (AvgIpc) is 3.99. The van der Waals surface area contributed by atoms with Crippen LogP contribution in [-0.4, -0.2) is 26.8 Å². The monoisotopic (exact) mass is 782 g/mol. The molecule has 0 atom stereocenters. The highest BCUT2D eigenvalue weighted by atomic mass is 28.3. The minimum Gasteiger partial charge on any atom is -0.309 e. The summed E-state index contributed by atoms with van der Waals surface area (Å²) in [6.45, 7) is 0. The van der Waals surface area contributed by atoms with Crippen molar-refractivity contribution >= 4 is 83.7 Å². The summed E-state index contributed by atoms with van der Waals surface area (Å²) in [6, 6.07) is 84.1. The van der Waals surface area contributed by atoms with Crippen molar-refractivity contribution in [1.29, 1.82) is 0 Å². The van der Waals surface area contributed by atoms with Crippen molar-refractivity contribution in [3.05, 3.63) is 231 Å². The van der Waals surface area contributed by atoms with Gasteiger partial charge < -0.3 is 9.13 Å². The van der Waals surface area contributed by atoms with E-state index in [1.54, 1.807) is 0 Å². The molecule has 12 rings (SSSR count). The summed E-state index contributed by atoms with van der Waals surface area (Å²) in [7, 11) is -3.01. The van der Waals surface area contributed by atoms with Gasteiger partial charge in [0.2, 0.25) is 8.07 Å². The number of aromatic nitrogens is 4. The third-order valence-electron chi connectivity index (χ3n) is 12.4. The largest absolute Gasteiger partial charge is 0.309 e. The first kappa shape index (κ1) is 34.3. The van der Waals surface area contributed by atoms with E-state index in [-0.39, 0.29) is 0 Å². The van der Waals surface area contributed by atoms with Gasteiger partial charge in [-0.3, -0.25) is 4.57 Å². The Hall–Kier alpha value is -7.73. The molecule has 0 unspecified atom stereocenters. The Morgan fingerprint density at radius 2 is 0.683 bits per heavy atom. The zero-order valence-corrected chi connectivity index (χ0v) is 33.7. The molecule has 0 fully saturated rings. The van der Waals surface area contributed by atoms with Crippen LogP contribution in [0.25, 0.3) is 71.7 Å². The van der Waals surface area contributed by atoms with E-state index in [0.717, 1.165) is 39.1 Å². The Bertz CT molecular complexity index is 3400. The van der Waals surface area contributed by atoms with Gasteiger partial charge in [-0.25, -0.2) is 4.98 Å². The SMILES string of the molecule is c1ccc([Si](c2ccccc2)(c2ccccc2)c2nc3ccccc3n2-c2cccc(-n3c4ccccc4c4cc(-n5c6ccccc6c6ccccc65)ccc43)c2)cc1. The van der Waals surface area contributed by atoms with Crippen molar-refractivity contribution in [3.8, 4) is 17.1 Å². The maximum absolute atomic E-state index is 5.68. The molecule has 0 radical (unpaired) electrons. The van der Waals surface area contributed by atoms with Crippen LogP contribution in [0.15, 0.2) is 231 Å². The zero-order chi connectivity index (χ0) is 39.6. The van der Waals surface area contributed by atoms with Gasteiger partial charge >= 0.3 is 0 Å². The van der Waals surface area contributed by atoms with Gasteiger partial charge in [0.05, 0.1) is 33.1 Å². The first-order valence-electron chi connectivity index (χ1n) is 20.6. The first-order valence-corrected chi connectivity index (χ1v) is 22.6. The third-order valence-corrected chi connectivity index (χ3v) is 17.0. The van der Waals surface area contributed by atoms with E-state index in [0.29, 0.717) is 0 Å². The Labute approximate surface area is 348 Å². The number of fused-ring (bicyclic) bond motifs is 7. The Morgan fingerprint density at radius 1 is 0.283 bits per heavy atom. The second kappa shape index (κ2) is 13.7. The second-order valence-corrected chi connectivity index (χ2v) is 19.2. The van der Waals surface area contributed by atoms with Crippen molar-refractivity contribution in [1.82, 2.24) is 18.7 Å². The fraction of sp³-hybridized carbons (Fsp3) is 0. The minimum atomic E-state index is -3.01. The molecule has 3 aromatic heterocycles. The van der Waals surface area contributed by atoms with Crippen LogP contribution in [0.4, 0.5) is 0 Å². The lowest BCUT2D eigenvalue weighted by Crippen LogP contribution is -2.76. The van der Waals surface area contributed by atoms with E-state index in [1.165, 1.54) is 53.7 Å². The Morgan fingerprint density at radius 3 is 1.22 bits per heavy atom. The number of para-hydroxylation sites is 5.